The third-order valence-corrected chi connectivity index (χ3v) is 51.4. The van der Waals surface area contributed by atoms with Crippen LogP contribution in [0.15, 0.2) is 0 Å². The Balaban J connectivity index is 4.53. The molecule has 0 aliphatic heterocycles. The molecule has 0 amide bonds. The summed E-state index contributed by atoms with van der Waals surface area (Å²) in [6.07, 6.45) is 0. The topological polar surface area (TPSA) is 0 Å². The van der Waals surface area contributed by atoms with Crippen molar-refractivity contribution in [2.75, 3.05) is 0 Å². The molecule has 0 fully saturated rings. The van der Waals surface area contributed by atoms with Crippen LogP contribution < -0.4 is 0 Å². The Morgan fingerprint density at radius 1 is 0.500 bits per heavy atom. The molecule has 0 N–H and O–H groups in total. The first-order chi connectivity index (χ1) is 6.79. The van der Waals surface area contributed by atoms with Crippen LogP contribution in [0.25, 0.3) is 0 Å². The zero-order valence-electron chi connectivity index (χ0n) is 13.1. The summed E-state index contributed by atoms with van der Waals surface area (Å²) in [5.74, 6) is 0. The Hall–Kier alpha value is 1.39. The van der Waals surface area contributed by atoms with E-state index in [1.54, 1.807) is 12.8 Å². The molecule has 0 saturated carbocycles. The summed E-state index contributed by atoms with van der Waals surface area (Å²) in [5, 5.41) is 0. The van der Waals surface area contributed by atoms with Crippen LogP contribution >= 0.6 is 0 Å². The first-order valence-corrected chi connectivity index (χ1v) is 24.4. The Kier molecular flexibility index (Phi) is 6.55. The summed E-state index contributed by atoms with van der Waals surface area (Å²) in [4.78, 5) is 0. The Morgan fingerprint density at radius 3 is 0.812 bits per heavy atom. The van der Waals surface area contributed by atoms with Gasteiger partial charge in [0.05, 0.1) is 0 Å². The van der Waals surface area contributed by atoms with Crippen LogP contribution in [0, 0.1) is 0 Å². The fraction of sp³-hybridized carbons (Fsp3) is 1.00. The van der Waals surface area contributed by atoms with Crippen LogP contribution in [0.5, 0.6) is 0 Å². The summed E-state index contributed by atoms with van der Waals surface area (Å²) < 4.78 is 5.28. The molecule has 16 heavy (non-hydrogen) atoms. The molecule has 0 heterocycles. The zero-order chi connectivity index (χ0) is 13.2. The van der Waals surface area contributed by atoms with Crippen molar-refractivity contribution in [1.29, 1.82) is 0 Å². The fourth-order valence-corrected chi connectivity index (χ4v) is 61.8. The van der Waals surface area contributed by atoms with E-state index in [1.807, 2.05) is 0 Å². The monoisotopic (exact) mass is 442 g/mol. The molecule has 0 aromatic rings. The van der Waals surface area contributed by atoms with Crippen LogP contribution in [0.1, 0.15) is 0 Å². The van der Waals surface area contributed by atoms with Gasteiger partial charge in [-0.05, 0) is 0 Å². The van der Waals surface area contributed by atoms with E-state index >= 15 is 0 Å². The first kappa shape index (κ1) is 17.4. The quantitative estimate of drug-likeness (QED) is 0.477. The average molecular weight is 443 g/mol. The van der Waals surface area contributed by atoms with Crippen LogP contribution in [0.4, 0.5) is 0 Å². The SMILES string of the molecule is C[Si](C)(C)[CH2][Ta]([CH2][Si](C)(C)C)[CH2][Si](C)(C)C. The third kappa shape index (κ3) is 11.9. The van der Waals surface area contributed by atoms with E-state index in [0.29, 0.717) is 0 Å². The van der Waals surface area contributed by atoms with E-state index in [-0.39, 0.29) is 0 Å². The van der Waals surface area contributed by atoms with E-state index in [0.717, 1.165) is 0 Å². The molecule has 0 aromatic carbocycles. The molecule has 0 aliphatic carbocycles. The molecule has 0 radical (unpaired) electrons. The van der Waals surface area contributed by atoms with Gasteiger partial charge < -0.3 is 0 Å². The van der Waals surface area contributed by atoms with Gasteiger partial charge in [-0.3, -0.25) is 0 Å². The van der Waals surface area contributed by atoms with Gasteiger partial charge in [0.1, 0.15) is 0 Å². The van der Waals surface area contributed by atoms with Crippen molar-refractivity contribution in [2.24, 2.45) is 0 Å². The van der Waals surface area contributed by atoms with Crippen molar-refractivity contribution in [3.63, 3.8) is 0 Å². The summed E-state index contributed by atoms with van der Waals surface area (Å²) in [6.45, 7) is 23.3. The van der Waals surface area contributed by atoms with Gasteiger partial charge in [-0.1, -0.05) is 0 Å². The second-order valence-corrected chi connectivity index (χ2v) is 40.2. The van der Waals surface area contributed by atoms with Gasteiger partial charge in [-0.2, -0.15) is 0 Å². The predicted octanol–water partition coefficient (Wildman–Crippen LogP) is 5.49. The van der Waals surface area contributed by atoms with Gasteiger partial charge in [0, 0.05) is 0 Å². The average Bonchev–Trinajstić information content (AvgIpc) is 1.70. The molecule has 0 aromatic heterocycles. The van der Waals surface area contributed by atoms with Gasteiger partial charge in [-0.25, -0.2) is 0 Å². The van der Waals surface area contributed by atoms with E-state index < -0.39 is 42.7 Å². The van der Waals surface area contributed by atoms with Crippen molar-refractivity contribution < 1.29 is 18.4 Å². The maximum absolute atomic E-state index is 2.59. The standard InChI is InChI=1S/3C4H11Si.Ta/c3*1-5(2,3)4;/h3*1H2,2-4H3;. The molecule has 0 saturated heterocycles. The zero-order valence-corrected chi connectivity index (χ0v) is 19.3. The Labute approximate surface area is 114 Å². The number of hydrogen-bond donors (Lipinski definition) is 0. The van der Waals surface area contributed by atoms with Crippen LogP contribution in [-0.2, 0) is 18.4 Å². The summed E-state index contributed by atoms with van der Waals surface area (Å²) in [5.41, 5.74) is 0. The maximum atomic E-state index is 2.59. The molecule has 0 rings (SSSR count). The minimum atomic E-state index is -1.11. The van der Waals surface area contributed by atoms with Crippen LogP contribution in [0.2, 0.25) is 71.7 Å². The molecular weight excluding hydrogens is 409 g/mol. The predicted molar refractivity (Wildman–Crippen MR) is 84.5 cm³/mol. The normalized spacial score (nSPS) is 14.6. The molecule has 0 atom stereocenters. The van der Waals surface area contributed by atoms with Gasteiger partial charge in [0.2, 0.25) is 0 Å². The van der Waals surface area contributed by atoms with E-state index in [1.165, 1.54) is 0 Å². The summed E-state index contributed by atoms with van der Waals surface area (Å²) >= 11 is -1.11. The molecule has 0 bridgehead atoms. The van der Waals surface area contributed by atoms with Gasteiger partial charge in [0.25, 0.3) is 0 Å². The van der Waals surface area contributed by atoms with Crippen molar-refractivity contribution in [1.82, 2.24) is 0 Å². The third-order valence-electron chi connectivity index (χ3n) is 2.09. The minimum absolute atomic E-state index is 0.785. The summed E-state index contributed by atoms with van der Waals surface area (Å²) in [7, 11) is -2.35. The second-order valence-electron chi connectivity index (χ2n) is 8.83. The van der Waals surface area contributed by atoms with Crippen molar-refractivity contribution in [3.05, 3.63) is 0 Å². The molecule has 0 unspecified atom stereocenters. The Bertz CT molecular complexity index is 170. The fourth-order valence-electron chi connectivity index (χ4n) is 2.18. The molecule has 4 heteroatoms. The molecule has 0 spiro atoms. The van der Waals surface area contributed by atoms with Gasteiger partial charge >= 0.3 is 114 Å². The molecule has 0 nitrogen and oxygen atoms in total. The van der Waals surface area contributed by atoms with Crippen molar-refractivity contribution >= 4 is 24.2 Å². The summed E-state index contributed by atoms with van der Waals surface area (Å²) in [6, 6.07) is 0. The van der Waals surface area contributed by atoms with Crippen LogP contribution in [-0.4, -0.2) is 24.2 Å². The van der Waals surface area contributed by atoms with E-state index in [9.17, 15) is 0 Å². The van der Waals surface area contributed by atoms with Crippen LogP contribution in [0.3, 0.4) is 0 Å². The van der Waals surface area contributed by atoms with Gasteiger partial charge in [-0.15, -0.1) is 0 Å². The molecule has 98 valence electrons. The first-order valence-electron chi connectivity index (χ1n) is 6.51. The Morgan fingerprint density at radius 2 is 0.688 bits per heavy atom. The van der Waals surface area contributed by atoms with Gasteiger partial charge in [0.15, 0.2) is 0 Å². The number of hydrogen-bond acceptors (Lipinski definition) is 0. The van der Waals surface area contributed by atoms with Crippen molar-refractivity contribution in [3.8, 4) is 0 Å². The van der Waals surface area contributed by atoms with Crippen molar-refractivity contribution in [2.45, 2.75) is 71.7 Å². The second kappa shape index (κ2) is 6.02. The molecule has 0 aliphatic rings. The number of rotatable bonds is 6. The van der Waals surface area contributed by atoms with E-state index in [2.05, 4.69) is 58.9 Å². The molecular formula is C12H33Si3Ta. The van der Waals surface area contributed by atoms with E-state index in [4.69, 9.17) is 0 Å².